The van der Waals surface area contributed by atoms with Crippen molar-refractivity contribution in [2.24, 2.45) is 10.8 Å². The molecule has 0 nitrogen and oxygen atoms in total. The van der Waals surface area contributed by atoms with Crippen LogP contribution < -0.4 is 10.4 Å². The summed E-state index contributed by atoms with van der Waals surface area (Å²) in [5, 5.41) is 8.70. The molecule has 0 atom stereocenters. The minimum atomic E-state index is -1.24. The van der Waals surface area contributed by atoms with E-state index >= 15 is 0 Å². The Hall–Kier alpha value is -1.79. The van der Waals surface area contributed by atoms with Crippen molar-refractivity contribution in [3.05, 3.63) is 135 Å². The minimum absolute atomic E-state index is 0. The van der Waals surface area contributed by atoms with E-state index in [1.165, 1.54) is 153 Å². The van der Waals surface area contributed by atoms with E-state index in [-0.39, 0.29) is 39.7 Å². The molecule has 312 valence electrons. The van der Waals surface area contributed by atoms with Crippen LogP contribution in [0, 0.1) is 25.7 Å². The number of benzene rings is 4. The van der Waals surface area contributed by atoms with Gasteiger partial charge >= 0.3 is 30.2 Å². The molecule has 2 fully saturated rings. The molecule has 2 radical (unpaired) electrons. The van der Waals surface area contributed by atoms with Crippen molar-refractivity contribution >= 4 is 79.8 Å². The molecule has 8 rings (SSSR count). The molecule has 6 heteroatoms. The van der Waals surface area contributed by atoms with Crippen molar-refractivity contribution in [2.75, 3.05) is 0 Å². The molecular formula is C52H70Cl2Si3Zr-4. The van der Waals surface area contributed by atoms with Gasteiger partial charge in [-0.1, -0.05) is 161 Å². The second-order valence-corrected chi connectivity index (χ2v) is 29.5. The van der Waals surface area contributed by atoms with Crippen LogP contribution in [0.15, 0.2) is 109 Å². The quantitative estimate of drug-likeness (QED) is 0.105. The maximum absolute atomic E-state index is 3.06. The molecule has 58 heavy (non-hydrogen) atoms. The molecule has 0 heterocycles. The van der Waals surface area contributed by atoms with Gasteiger partial charge in [0, 0.05) is 0 Å². The Morgan fingerprint density at radius 1 is 0.517 bits per heavy atom. The topological polar surface area (TPSA) is 0 Å². The molecule has 0 aliphatic heterocycles. The van der Waals surface area contributed by atoms with Gasteiger partial charge in [-0.3, -0.25) is 0 Å². The zero-order chi connectivity index (χ0) is 38.7. The normalized spacial score (nSPS) is 15.4. The monoisotopic (exact) mass is 938 g/mol. The first-order valence-electron chi connectivity index (χ1n) is 20.5. The van der Waals surface area contributed by atoms with Gasteiger partial charge in [-0.25, -0.2) is 0 Å². The van der Waals surface area contributed by atoms with E-state index in [9.17, 15) is 0 Å². The Labute approximate surface area is 385 Å². The first kappa shape index (κ1) is 52.4. The van der Waals surface area contributed by atoms with Crippen molar-refractivity contribution < 1.29 is 23.3 Å². The molecule has 0 spiro atoms. The van der Waals surface area contributed by atoms with Crippen LogP contribution in [0.4, 0.5) is 0 Å². The van der Waals surface area contributed by atoms with Crippen molar-refractivity contribution in [3.63, 3.8) is 0 Å². The second kappa shape index (κ2) is 21.8. The molecule has 0 N–H and O–H groups in total. The Balaban J connectivity index is 0.000000360. The van der Waals surface area contributed by atoms with Gasteiger partial charge in [0.1, 0.15) is 0 Å². The van der Waals surface area contributed by atoms with E-state index < -0.39 is 16.1 Å². The van der Waals surface area contributed by atoms with Crippen molar-refractivity contribution in [3.8, 4) is 22.3 Å². The number of hydrogen-bond acceptors (Lipinski definition) is 0. The predicted octanol–water partition coefficient (Wildman–Crippen LogP) is 15.1. The standard InChI is InChI=1S/2C25H31Si.2CH3.2ClH.Si.Zr/c2*1-25(14-5-6-15-25)18-19-16-21-8-7-9-23(24(21)17-19)20-10-12-22(13-11-20)26(2,3)4;;;;;;/h2*7-13,16-17H,5-6,14-15,18H2,1-4H3;2*1H3;2*1H;;/q4*-1;;;;. The van der Waals surface area contributed by atoms with Crippen LogP contribution in [0.3, 0.4) is 0 Å². The molecule has 0 amide bonds. The number of rotatable bonds is 8. The zero-order valence-corrected chi connectivity index (χ0v) is 44.4. The average molecular weight is 942 g/mol. The van der Waals surface area contributed by atoms with Gasteiger partial charge in [0.25, 0.3) is 0 Å². The molecule has 2 aliphatic carbocycles. The third-order valence-corrected chi connectivity index (χ3v) is 16.8. The van der Waals surface area contributed by atoms with Gasteiger partial charge in [-0.15, -0.1) is 93.9 Å². The summed E-state index contributed by atoms with van der Waals surface area (Å²) in [6.45, 7) is 22.5. The third-order valence-electron chi connectivity index (χ3n) is 12.6. The first-order valence-corrected chi connectivity index (χ1v) is 31.7. The summed E-state index contributed by atoms with van der Waals surface area (Å²) >= 11 is 1.36. The molecule has 6 aromatic carbocycles. The Kier molecular flexibility index (Phi) is 19.7. The third kappa shape index (κ3) is 12.6. The van der Waals surface area contributed by atoms with Crippen molar-refractivity contribution in [1.29, 1.82) is 0 Å². The molecule has 0 saturated heterocycles. The fourth-order valence-corrected chi connectivity index (χ4v) is 11.7. The van der Waals surface area contributed by atoms with Crippen LogP contribution >= 0.6 is 24.8 Å². The number of hydrogen-bond donors (Lipinski definition) is 0. The summed E-state index contributed by atoms with van der Waals surface area (Å²) in [7, 11) is -2.47. The van der Waals surface area contributed by atoms with Gasteiger partial charge in [0.2, 0.25) is 0 Å². The van der Waals surface area contributed by atoms with Gasteiger partial charge in [0.15, 0.2) is 0 Å². The first-order chi connectivity index (χ1) is 25.7. The van der Waals surface area contributed by atoms with Crippen LogP contribution in [0.2, 0.25) is 39.3 Å². The van der Waals surface area contributed by atoms with Crippen LogP contribution in [-0.4, -0.2) is 23.0 Å². The summed E-state index contributed by atoms with van der Waals surface area (Å²) in [6, 6.07) is 42.0. The summed E-state index contributed by atoms with van der Waals surface area (Å²) in [4.78, 5) is 0. The van der Waals surface area contributed by atoms with E-state index in [2.05, 4.69) is 169 Å². The van der Waals surface area contributed by atoms with Crippen LogP contribution in [0.5, 0.6) is 0 Å². The van der Waals surface area contributed by atoms with Crippen LogP contribution in [0.25, 0.3) is 43.8 Å². The van der Waals surface area contributed by atoms with E-state index in [0.717, 1.165) is 0 Å². The Morgan fingerprint density at radius 3 is 1.12 bits per heavy atom. The van der Waals surface area contributed by atoms with Gasteiger partial charge in [-0.2, -0.15) is 12.1 Å². The summed E-state index contributed by atoms with van der Waals surface area (Å²) in [5.41, 5.74) is 9.54. The Bertz CT molecular complexity index is 2000. The van der Waals surface area contributed by atoms with E-state index in [0.29, 0.717) is 10.8 Å². The summed E-state index contributed by atoms with van der Waals surface area (Å²) in [5.74, 6) is 0. The second-order valence-electron chi connectivity index (χ2n) is 19.4. The Morgan fingerprint density at radius 2 is 0.828 bits per heavy atom. The van der Waals surface area contributed by atoms with Crippen molar-refractivity contribution in [2.45, 2.75) is 117 Å². The number of fused-ring (bicyclic) bond motifs is 2. The van der Waals surface area contributed by atoms with E-state index in [4.69, 9.17) is 0 Å². The van der Waals surface area contributed by atoms with Crippen LogP contribution in [0.1, 0.15) is 76.3 Å². The van der Waals surface area contributed by atoms with Gasteiger partial charge < -0.3 is 14.9 Å². The van der Waals surface area contributed by atoms with Gasteiger partial charge in [-0.05, 0) is 60.5 Å². The summed E-state index contributed by atoms with van der Waals surface area (Å²) < 4.78 is 0. The number of halogens is 2. The van der Waals surface area contributed by atoms with Crippen molar-refractivity contribution in [1.82, 2.24) is 0 Å². The van der Waals surface area contributed by atoms with Crippen LogP contribution in [-0.2, 0) is 36.2 Å². The molecule has 2 saturated carbocycles. The zero-order valence-electron chi connectivity index (χ0n) is 37.3. The SMILES string of the molecule is CC1(Cc2cc3c(-c4ccc([Si](C)(C)C)cc4)cccc3[cH-]2)CCCC1.CC1(Cc2cc3c(-c4ccc([Si](C)(C)C)cc4)cccc3[cH-]2)CCCC1.Cl.Cl.[CH3-].[CH3-].[Si]=[Zr]. The van der Waals surface area contributed by atoms with Gasteiger partial charge in [0.05, 0.1) is 16.1 Å². The van der Waals surface area contributed by atoms with E-state index in [1.807, 2.05) is 0 Å². The molecule has 0 aromatic heterocycles. The molecular weight excluding hydrogens is 871 g/mol. The maximum atomic E-state index is 3.06. The molecule has 2 aliphatic rings. The fourth-order valence-electron chi connectivity index (χ4n) is 9.40. The summed E-state index contributed by atoms with van der Waals surface area (Å²) in [6.07, 6.45) is 13.6. The fraction of sp³-hybridized carbons (Fsp3) is 0.385. The predicted molar refractivity (Wildman–Crippen MR) is 270 cm³/mol. The van der Waals surface area contributed by atoms with E-state index in [1.54, 1.807) is 0 Å². The molecule has 6 aromatic rings. The average Bonchev–Trinajstić information content (AvgIpc) is 3.95. The molecule has 0 unspecified atom stereocenters. The molecule has 0 bridgehead atoms.